The van der Waals surface area contributed by atoms with Gasteiger partial charge in [0.1, 0.15) is 0 Å². The average Bonchev–Trinajstić information content (AvgIpc) is 2.37. The maximum Gasteiger partial charge on any atom is 0.308 e. The molecule has 0 radical (unpaired) electrons. The van der Waals surface area contributed by atoms with Crippen LogP contribution in [-0.4, -0.2) is 35.5 Å². The van der Waals surface area contributed by atoms with Crippen molar-refractivity contribution in [2.75, 3.05) is 13.6 Å². The molecule has 0 saturated carbocycles. The van der Waals surface area contributed by atoms with E-state index in [1.807, 2.05) is 31.2 Å². The second-order valence-electron chi connectivity index (χ2n) is 4.65. The molecule has 0 bridgehead atoms. The zero-order chi connectivity index (χ0) is 14.4. The molecular weight excluding hydrogens is 242 g/mol. The smallest absolute Gasteiger partial charge is 0.308 e. The maximum absolute atomic E-state index is 11.8. The lowest BCUT2D eigenvalue weighted by molar-refractivity contribution is -0.142. The van der Waals surface area contributed by atoms with E-state index in [4.69, 9.17) is 5.11 Å². The van der Waals surface area contributed by atoms with Gasteiger partial charge in [0.15, 0.2) is 0 Å². The molecule has 0 spiro atoms. The van der Waals surface area contributed by atoms with Crippen LogP contribution >= 0.6 is 0 Å². The van der Waals surface area contributed by atoms with Crippen molar-refractivity contribution >= 4 is 18.0 Å². The van der Waals surface area contributed by atoms with Crippen LogP contribution in [0, 0.1) is 12.8 Å². The fourth-order valence-electron chi connectivity index (χ4n) is 1.64. The highest BCUT2D eigenvalue weighted by Crippen LogP contribution is 2.09. The van der Waals surface area contributed by atoms with E-state index in [0.717, 1.165) is 11.1 Å². The number of aliphatic carboxylic acids is 1. The van der Waals surface area contributed by atoms with Gasteiger partial charge in [-0.15, -0.1) is 0 Å². The Bertz CT molecular complexity index is 494. The van der Waals surface area contributed by atoms with Gasteiger partial charge in [-0.2, -0.15) is 0 Å². The zero-order valence-electron chi connectivity index (χ0n) is 11.5. The molecular formula is C15H19NO3. The summed E-state index contributed by atoms with van der Waals surface area (Å²) < 4.78 is 0. The van der Waals surface area contributed by atoms with Gasteiger partial charge in [-0.3, -0.25) is 9.59 Å². The van der Waals surface area contributed by atoms with Gasteiger partial charge in [-0.25, -0.2) is 0 Å². The molecule has 4 heteroatoms. The van der Waals surface area contributed by atoms with Crippen molar-refractivity contribution in [3.05, 3.63) is 41.5 Å². The highest BCUT2D eigenvalue weighted by atomic mass is 16.4. The van der Waals surface area contributed by atoms with Crippen molar-refractivity contribution in [3.63, 3.8) is 0 Å². The number of hydrogen-bond donors (Lipinski definition) is 1. The molecule has 0 aliphatic carbocycles. The van der Waals surface area contributed by atoms with Crippen LogP contribution in [-0.2, 0) is 9.59 Å². The third kappa shape index (κ3) is 4.58. The molecule has 1 N–H and O–H groups in total. The molecule has 19 heavy (non-hydrogen) atoms. The first-order chi connectivity index (χ1) is 8.91. The van der Waals surface area contributed by atoms with Crippen LogP contribution in [0.2, 0.25) is 0 Å². The molecule has 102 valence electrons. The SMILES string of the molecule is Cc1ccccc1/C=C/C(=O)N(C)CC(C)C(=O)O. The monoisotopic (exact) mass is 261 g/mol. The molecule has 1 amide bonds. The fraction of sp³-hybridized carbons (Fsp3) is 0.333. The summed E-state index contributed by atoms with van der Waals surface area (Å²) in [6, 6.07) is 7.75. The van der Waals surface area contributed by atoms with Gasteiger partial charge in [0, 0.05) is 19.7 Å². The lowest BCUT2D eigenvalue weighted by atomic mass is 10.1. The molecule has 1 atom stereocenters. The highest BCUT2D eigenvalue weighted by Gasteiger charge is 2.15. The van der Waals surface area contributed by atoms with Crippen molar-refractivity contribution in [1.29, 1.82) is 0 Å². The van der Waals surface area contributed by atoms with Crippen LogP contribution in [0.3, 0.4) is 0 Å². The van der Waals surface area contributed by atoms with E-state index in [1.165, 1.54) is 11.0 Å². The van der Waals surface area contributed by atoms with E-state index < -0.39 is 11.9 Å². The number of likely N-dealkylation sites (N-methyl/N-ethyl adjacent to an activating group) is 1. The first-order valence-electron chi connectivity index (χ1n) is 6.13. The summed E-state index contributed by atoms with van der Waals surface area (Å²) in [5.74, 6) is -1.67. The van der Waals surface area contributed by atoms with Crippen LogP contribution in [0.15, 0.2) is 30.3 Å². The third-order valence-electron chi connectivity index (χ3n) is 2.94. The molecule has 1 aromatic rings. The Morgan fingerprint density at radius 3 is 2.58 bits per heavy atom. The minimum atomic E-state index is -0.900. The van der Waals surface area contributed by atoms with Crippen LogP contribution in [0.5, 0.6) is 0 Å². The Labute approximate surface area is 113 Å². The molecule has 0 aliphatic heterocycles. The summed E-state index contributed by atoms with van der Waals surface area (Å²) in [5, 5.41) is 8.80. The number of carbonyl (C=O) groups is 2. The quantitative estimate of drug-likeness (QED) is 0.826. The van der Waals surface area contributed by atoms with Gasteiger partial charge in [0.05, 0.1) is 5.92 Å². The Morgan fingerprint density at radius 2 is 2.00 bits per heavy atom. The molecule has 0 aliphatic rings. The van der Waals surface area contributed by atoms with Crippen molar-refractivity contribution in [3.8, 4) is 0 Å². The van der Waals surface area contributed by atoms with Gasteiger partial charge in [0.25, 0.3) is 0 Å². The van der Waals surface area contributed by atoms with E-state index in [2.05, 4.69) is 0 Å². The van der Waals surface area contributed by atoms with Crippen LogP contribution in [0.25, 0.3) is 6.08 Å². The topological polar surface area (TPSA) is 57.6 Å². The number of carboxylic acids is 1. The predicted molar refractivity (Wildman–Crippen MR) is 74.6 cm³/mol. The van der Waals surface area contributed by atoms with E-state index in [-0.39, 0.29) is 12.5 Å². The second kappa shape index (κ2) is 6.73. The van der Waals surface area contributed by atoms with Gasteiger partial charge in [0.2, 0.25) is 5.91 Å². The average molecular weight is 261 g/mol. The summed E-state index contributed by atoms with van der Waals surface area (Å²) in [6.45, 7) is 3.75. The first-order valence-corrected chi connectivity index (χ1v) is 6.13. The van der Waals surface area contributed by atoms with Crippen molar-refractivity contribution in [1.82, 2.24) is 4.90 Å². The van der Waals surface area contributed by atoms with Crippen molar-refractivity contribution in [2.24, 2.45) is 5.92 Å². The lowest BCUT2D eigenvalue weighted by Gasteiger charge is -2.17. The Hall–Kier alpha value is -2.10. The first kappa shape index (κ1) is 15.0. The molecule has 0 fully saturated rings. The molecule has 0 saturated heterocycles. The van der Waals surface area contributed by atoms with E-state index >= 15 is 0 Å². The molecule has 1 unspecified atom stereocenters. The number of carbonyl (C=O) groups excluding carboxylic acids is 1. The second-order valence-corrected chi connectivity index (χ2v) is 4.65. The standard InChI is InChI=1S/C15H19NO3/c1-11-6-4-5-7-13(11)8-9-14(17)16(3)10-12(2)15(18)19/h4-9,12H,10H2,1-3H3,(H,18,19)/b9-8+. The third-order valence-corrected chi connectivity index (χ3v) is 2.94. The van der Waals surface area contributed by atoms with Gasteiger partial charge >= 0.3 is 5.97 Å². The molecule has 0 heterocycles. The van der Waals surface area contributed by atoms with Crippen LogP contribution in [0.1, 0.15) is 18.1 Å². The summed E-state index contributed by atoms with van der Waals surface area (Å²) in [4.78, 5) is 24.0. The fourth-order valence-corrected chi connectivity index (χ4v) is 1.64. The summed E-state index contributed by atoms with van der Waals surface area (Å²) in [7, 11) is 1.60. The maximum atomic E-state index is 11.8. The predicted octanol–water partition coefficient (Wildman–Crippen LogP) is 2.19. The largest absolute Gasteiger partial charge is 0.481 e. The number of carboxylic acid groups (broad SMARTS) is 1. The number of hydrogen-bond acceptors (Lipinski definition) is 2. The van der Waals surface area contributed by atoms with Gasteiger partial charge in [-0.05, 0) is 24.1 Å². The number of aryl methyl sites for hydroxylation is 1. The highest BCUT2D eigenvalue weighted by molar-refractivity contribution is 5.92. The minimum absolute atomic E-state index is 0.198. The Morgan fingerprint density at radius 1 is 1.37 bits per heavy atom. The van der Waals surface area contributed by atoms with E-state index in [0.29, 0.717) is 0 Å². The Kier molecular flexibility index (Phi) is 5.30. The summed E-state index contributed by atoms with van der Waals surface area (Å²) >= 11 is 0. The number of amides is 1. The summed E-state index contributed by atoms with van der Waals surface area (Å²) in [5.41, 5.74) is 2.07. The van der Waals surface area contributed by atoms with E-state index in [9.17, 15) is 9.59 Å². The van der Waals surface area contributed by atoms with Crippen LogP contribution in [0.4, 0.5) is 0 Å². The summed E-state index contributed by atoms with van der Waals surface area (Å²) in [6.07, 6.45) is 3.22. The number of nitrogens with zero attached hydrogens (tertiary/aromatic N) is 1. The number of benzene rings is 1. The Balaban J connectivity index is 2.64. The molecule has 1 aromatic carbocycles. The molecule has 4 nitrogen and oxygen atoms in total. The minimum Gasteiger partial charge on any atom is -0.481 e. The van der Waals surface area contributed by atoms with Gasteiger partial charge in [-0.1, -0.05) is 31.2 Å². The van der Waals surface area contributed by atoms with Crippen molar-refractivity contribution in [2.45, 2.75) is 13.8 Å². The van der Waals surface area contributed by atoms with Gasteiger partial charge < -0.3 is 10.0 Å². The van der Waals surface area contributed by atoms with E-state index in [1.54, 1.807) is 20.0 Å². The van der Waals surface area contributed by atoms with Crippen molar-refractivity contribution < 1.29 is 14.7 Å². The molecule has 1 rings (SSSR count). The number of rotatable bonds is 5. The molecule has 0 aromatic heterocycles. The lowest BCUT2D eigenvalue weighted by Crippen LogP contribution is -2.32. The normalized spacial score (nSPS) is 12.4. The van der Waals surface area contributed by atoms with Crippen LogP contribution < -0.4 is 0 Å². The zero-order valence-corrected chi connectivity index (χ0v) is 11.5.